The van der Waals surface area contributed by atoms with Crippen LogP contribution in [-0.4, -0.2) is 35.8 Å². The second kappa shape index (κ2) is 8.08. The molecule has 0 spiro atoms. The number of aliphatic hydroxyl groups is 1. The fourth-order valence-electron chi connectivity index (χ4n) is 2.53. The maximum absolute atomic E-state index is 12.2. The SMILES string of the molecule is CCOC1=CC(C=CC(=O)c2ccccc2)=CC(OCC)C1(C)O. The topological polar surface area (TPSA) is 55.8 Å². The molecule has 128 valence electrons. The molecule has 2 unspecified atom stereocenters. The Balaban J connectivity index is 2.24. The van der Waals surface area contributed by atoms with Crippen molar-refractivity contribution in [1.29, 1.82) is 0 Å². The van der Waals surface area contributed by atoms with E-state index in [-0.39, 0.29) is 5.78 Å². The molecule has 2 rings (SSSR count). The average molecular weight is 328 g/mol. The molecule has 0 bridgehead atoms. The minimum atomic E-state index is -1.23. The third kappa shape index (κ3) is 4.22. The molecule has 1 aromatic carbocycles. The summed E-state index contributed by atoms with van der Waals surface area (Å²) in [5, 5.41) is 10.7. The van der Waals surface area contributed by atoms with Gasteiger partial charge >= 0.3 is 0 Å². The molecule has 0 fully saturated rings. The number of allylic oxidation sites excluding steroid dienone is 4. The zero-order valence-electron chi connectivity index (χ0n) is 14.4. The smallest absolute Gasteiger partial charge is 0.185 e. The third-order valence-electron chi connectivity index (χ3n) is 3.83. The molecule has 0 radical (unpaired) electrons. The summed E-state index contributed by atoms with van der Waals surface area (Å²) in [7, 11) is 0. The molecule has 4 heteroatoms. The highest BCUT2D eigenvalue weighted by molar-refractivity contribution is 6.04. The summed E-state index contributed by atoms with van der Waals surface area (Å²) in [4.78, 5) is 12.2. The first kappa shape index (κ1) is 18.2. The van der Waals surface area contributed by atoms with Crippen molar-refractivity contribution in [1.82, 2.24) is 0 Å². The molecular formula is C20H24O4. The number of hydrogen-bond donors (Lipinski definition) is 1. The van der Waals surface area contributed by atoms with E-state index >= 15 is 0 Å². The van der Waals surface area contributed by atoms with E-state index in [1.807, 2.05) is 32.0 Å². The number of benzene rings is 1. The van der Waals surface area contributed by atoms with Crippen LogP contribution in [0.4, 0.5) is 0 Å². The van der Waals surface area contributed by atoms with Crippen LogP contribution in [0.3, 0.4) is 0 Å². The van der Waals surface area contributed by atoms with E-state index in [1.54, 1.807) is 37.3 Å². The van der Waals surface area contributed by atoms with Crippen molar-refractivity contribution in [3.63, 3.8) is 0 Å². The van der Waals surface area contributed by atoms with Crippen LogP contribution < -0.4 is 0 Å². The van der Waals surface area contributed by atoms with Crippen LogP contribution >= 0.6 is 0 Å². The van der Waals surface area contributed by atoms with Gasteiger partial charge in [-0.15, -0.1) is 0 Å². The van der Waals surface area contributed by atoms with Gasteiger partial charge in [-0.05, 0) is 44.6 Å². The van der Waals surface area contributed by atoms with Gasteiger partial charge in [0.1, 0.15) is 17.5 Å². The van der Waals surface area contributed by atoms with Crippen molar-refractivity contribution in [3.05, 3.63) is 71.5 Å². The van der Waals surface area contributed by atoms with Gasteiger partial charge in [-0.25, -0.2) is 0 Å². The van der Waals surface area contributed by atoms with Crippen molar-refractivity contribution in [2.45, 2.75) is 32.5 Å². The first-order valence-electron chi connectivity index (χ1n) is 8.17. The molecule has 0 heterocycles. The second-order valence-electron chi connectivity index (χ2n) is 5.70. The Labute approximate surface area is 143 Å². The van der Waals surface area contributed by atoms with Gasteiger partial charge in [0.15, 0.2) is 5.78 Å². The maximum atomic E-state index is 12.2. The zero-order chi connectivity index (χ0) is 17.6. The van der Waals surface area contributed by atoms with Gasteiger partial charge in [-0.1, -0.05) is 36.4 Å². The minimum Gasteiger partial charge on any atom is -0.495 e. The van der Waals surface area contributed by atoms with E-state index in [0.29, 0.717) is 24.5 Å². The van der Waals surface area contributed by atoms with Gasteiger partial charge in [0.2, 0.25) is 0 Å². The number of rotatable bonds is 7. The van der Waals surface area contributed by atoms with Gasteiger partial charge in [0.25, 0.3) is 0 Å². The largest absolute Gasteiger partial charge is 0.495 e. The summed E-state index contributed by atoms with van der Waals surface area (Å²) in [6, 6.07) is 9.08. The Morgan fingerprint density at radius 2 is 1.96 bits per heavy atom. The number of carbonyl (C=O) groups excluding carboxylic acids is 1. The lowest BCUT2D eigenvalue weighted by Crippen LogP contribution is -2.44. The maximum Gasteiger partial charge on any atom is 0.185 e. The molecule has 24 heavy (non-hydrogen) atoms. The molecular weight excluding hydrogens is 304 g/mol. The van der Waals surface area contributed by atoms with Crippen LogP contribution in [-0.2, 0) is 9.47 Å². The molecule has 1 aliphatic rings. The third-order valence-corrected chi connectivity index (χ3v) is 3.83. The van der Waals surface area contributed by atoms with E-state index in [0.717, 1.165) is 5.57 Å². The Hall–Kier alpha value is -2.17. The minimum absolute atomic E-state index is 0.0758. The summed E-state index contributed by atoms with van der Waals surface area (Å²) in [5.41, 5.74) is 0.174. The Morgan fingerprint density at radius 3 is 2.58 bits per heavy atom. The molecule has 0 saturated heterocycles. The fraction of sp³-hybridized carbons (Fsp3) is 0.350. The predicted octanol–water partition coefficient (Wildman–Crippen LogP) is 3.44. The van der Waals surface area contributed by atoms with Crippen LogP contribution in [0, 0.1) is 0 Å². The van der Waals surface area contributed by atoms with Crippen LogP contribution in [0.2, 0.25) is 0 Å². The van der Waals surface area contributed by atoms with E-state index in [4.69, 9.17) is 9.47 Å². The summed E-state index contributed by atoms with van der Waals surface area (Å²) < 4.78 is 11.2. The number of ketones is 1. The Kier molecular flexibility index (Phi) is 6.12. The Morgan fingerprint density at radius 1 is 1.25 bits per heavy atom. The van der Waals surface area contributed by atoms with Crippen LogP contribution in [0.1, 0.15) is 31.1 Å². The highest BCUT2D eigenvalue weighted by Crippen LogP contribution is 2.31. The highest BCUT2D eigenvalue weighted by Gasteiger charge is 2.39. The monoisotopic (exact) mass is 328 g/mol. The van der Waals surface area contributed by atoms with Crippen molar-refractivity contribution in [2.75, 3.05) is 13.2 Å². The molecule has 4 nitrogen and oxygen atoms in total. The van der Waals surface area contributed by atoms with Gasteiger partial charge in [-0.2, -0.15) is 0 Å². The van der Waals surface area contributed by atoms with Crippen LogP contribution in [0.5, 0.6) is 0 Å². The van der Waals surface area contributed by atoms with Crippen LogP contribution in [0.15, 0.2) is 66.0 Å². The molecule has 1 N–H and O–H groups in total. The van der Waals surface area contributed by atoms with Crippen molar-refractivity contribution < 1.29 is 19.4 Å². The molecule has 1 aromatic rings. The van der Waals surface area contributed by atoms with Gasteiger partial charge in [0.05, 0.1) is 6.61 Å². The summed E-state index contributed by atoms with van der Waals surface area (Å²) in [6.07, 6.45) is 6.26. The molecule has 0 saturated carbocycles. The fourth-order valence-corrected chi connectivity index (χ4v) is 2.53. The van der Waals surface area contributed by atoms with Crippen molar-refractivity contribution in [3.8, 4) is 0 Å². The molecule has 1 aliphatic carbocycles. The zero-order valence-corrected chi connectivity index (χ0v) is 14.4. The molecule has 0 amide bonds. The molecule has 0 aliphatic heterocycles. The predicted molar refractivity (Wildman–Crippen MR) is 93.7 cm³/mol. The van der Waals surface area contributed by atoms with E-state index in [1.165, 1.54) is 6.08 Å². The van der Waals surface area contributed by atoms with Crippen LogP contribution in [0.25, 0.3) is 0 Å². The van der Waals surface area contributed by atoms with Crippen molar-refractivity contribution >= 4 is 5.78 Å². The van der Waals surface area contributed by atoms with E-state index in [9.17, 15) is 9.90 Å². The van der Waals surface area contributed by atoms with Gasteiger partial charge in [0, 0.05) is 12.2 Å². The van der Waals surface area contributed by atoms with E-state index < -0.39 is 11.7 Å². The quantitative estimate of drug-likeness (QED) is 0.615. The number of hydrogen-bond acceptors (Lipinski definition) is 4. The summed E-state index contributed by atoms with van der Waals surface area (Å²) in [5.74, 6) is 0.367. The highest BCUT2D eigenvalue weighted by atomic mass is 16.5. The van der Waals surface area contributed by atoms with E-state index in [2.05, 4.69) is 0 Å². The first-order valence-corrected chi connectivity index (χ1v) is 8.17. The average Bonchev–Trinajstić information content (AvgIpc) is 2.58. The summed E-state index contributed by atoms with van der Waals surface area (Å²) in [6.45, 7) is 6.31. The lowest BCUT2D eigenvalue weighted by molar-refractivity contribution is -0.0793. The van der Waals surface area contributed by atoms with Crippen molar-refractivity contribution in [2.24, 2.45) is 0 Å². The normalized spacial score (nSPS) is 23.8. The Bertz CT molecular complexity index is 653. The lowest BCUT2D eigenvalue weighted by atomic mass is 9.88. The lowest BCUT2D eigenvalue weighted by Gasteiger charge is -2.35. The number of carbonyl (C=O) groups is 1. The molecule has 2 atom stereocenters. The van der Waals surface area contributed by atoms with Gasteiger partial charge < -0.3 is 14.6 Å². The first-order chi connectivity index (χ1) is 11.5. The number of ether oxygens (including phenoxy) is 2. The standard InChI is InChI=1S/C20H24O4/c1-4-23-18-13-15(14-19(24-5-2)20(18,3)22)11-12-17(21)16-9-7-6-8-10-16/h6-14,18,22H,4-5H2,1-3H3. The second-order valence-corrected chi connectivity index (χ2v) is 5.70. The van der Waals surface area contributed by atoms with Gasteiger partial charge in [-0.3, -0.25) is 4.79 Å². The molecule has 0 aromatic heterocycles. The summed E-state index contributed by atoms with van der Waals surface area (Å²) >= 11 is 0.